The van der Waals surface area contributed by atoms with Crippen molar-refractivity contribution < 1.29 is 22.9 Å². The van der Waals surface area contributed by atoms with Crippen LogP contribution in [-0.2, 0) is 11.3 Å². The van der Waals surface area contributed by atoms with E-state index in [2.05, 4.69) is 10.1 Å². The molecule has 1 aromatic carbocycles. The van der Waals surface area contributed by atoms with Crippen molar-refractivity contribution >= 4 is 17.5 Å². The molecule has 0 unspecified atom stereocenters. The molecule has 174 valence electrons. The number of carbonyl (C=O) groups is 2. The van der Waals surface area contributed by atoms with Crippen LogP contribution in [0, 0.1) is 25.5 Å². The third-order valence-electron chi connectivity index (χ3n) is 5.80. The highest BCUT2D eigenvalue weighted by Gasteiger charge is 2.27. The molecule has 0 fully saturated rings. The fourth-order valence-electron chi connectivity index (χ4n) is 4.07. The number of hydrogen-bond donors (Lipinski definition) is 0. The third kappa shape index (κ3) is 5.15. The average Bonchev–Trinajstić information content (AvgIpc) is 3.09. The lowest BCUT2D eigenvalue weighted by molar-refractivity contribution is -0.118. The molecule has 0 spiro atoms. The van der Waals surface area contributed by atoms with Crippen LogP contribution in [0.1, 0.15) is 53.6 Å². The number of fused-ring (bicyclic) bond motifs is 1. The van der Waals surface area contributed by atoms with Crippen molar-refractivity contribution in [3.63, 3.8) is 0 Å². The van der Waals surface area contributed by atoms with Gasteiger partial charge in [-0.05, 0) is 58.5 Å². The number of hydrogen-bond acceptors (Lipinski definition) is 5. The first-order valence-electron chi connectivity index (χ1n) is 10.9. The van der Waals surface area contributed by atoms with Gasteiger partial charge in [0.25, 0.3) is 5.91 Å². The van der Waals surface area contributed by atoms with Crippen LogP contribution in [0.25, 0.3) is 0 Å². The number of benzene rings is 1. The Hall–Kier alpha value is -2.81. The molecule has 0 saturated heterocycles. The predicted molar refractivity (Wildman–Crippen MR) is 116 cm³/mol. The summed E-state index contributed by atoms with van der Waals surface area (Å²) in [5.41, 5.74) is 1.54. The third-order valence-corrected chi connectivity index (χ3v) is 5.80. The molecule has 1 aliphatic heterocycles. The van der Waals surface area contributed by atoms with E-state index in [-0.39, 0.29) is 24.8 Å². The number of aryl methyl sites for hydroxylation is 2. The molecule has 7 nitrogen and oxygen atoms in total. The van der Waals surface area contributed by atoms with E-state index in [1.54, 1.807) is 25.7 Å². The van der Waals surface area contributed by atoms with Gasteiger partial charge in [-0.2, -0.15) is 0 Å². The van der Waals surface area contributed by atoms with Crippen LogP contribution in [0.4, 0.5) is 14.5 Å². The molecule has 0 bridgehead atoms. The Morgan fingerprint density at radius 1 is 1.06 bits per heavy atom. The maximum Gasteiger partial charge on any atom is 0.259 e. The minimum Gasteiger partial charge on any atom is -0.361 e. The molecular weight excluding hydrogens is 418 g/mol. The second-order valence-corrected chi connectivity index (χ2v) is 8.23. The van der Waals surface area contributed by atoms with E-state index in [1.165, 1.54) is 4.90 Å². The molecule has 0 radical (unpaired) electrons. The molecule has 2 heterocycles. The highest BCUT2D eigenvalue weighted by atomic mass is 19.2. The molecule has 0 atom stereocenters. The number of carbonyl (C=O) groups excluding carboxylic acids is 2. The average molecular weight is 449 g/mol. The fraction of sp³-hybridized carbons (Fsp3) is 0.522. The molecular formula is C23H30F2N4O3. The minimum absolute atomic E-state index is 0.0344. The van der Waals surface area contributed by atoms with Crippen LogP contribution < -0.4 is 4.90 Å². The van der Waals surface area contributed by atoms with Gasteiger partial charge in [0, 0.05) is 32.1 Å². The largest absolute Gasteiger partial charge is 0.361 e. The molecule has 0 N–H and O–H groups in total. The lowest BCUT2D eigenvalue weighted by atomic mass is 10.1. The quantitative estimate of drug-likeness (QED) is 0.701. The molecule has 9 heteroatoms. The topological polar surface area (TPSA) is 69.9 Å². The van der Waals surface area contributed by atoms with Crippen molar-refractivity contribution in [2.24, 2.45) is 0 Å². The summed E-state index contributed by atoms with van der Waals surface area (Å²) in [7, 11) is 1.99. The highest BCUT2D eigenvalue weighted by Crippen LogP contribution is 2.28. The Morgan fingerprint density at radius 3 is 2.34 bits per heavy atom. The van der Waals surface area contributed by atoms with Crippen LogP contribution in [-0.4, -0.2) is 60.0 Å². The smallest absolute Gasteiger partial charge is 0.259 e. The van der Waals surface area contributed by atoms with Crippen LogP contribution in [0.15, 0.2) is 16.7 Å². The van der Waals surface area contributed by atoms with Crippen molar-refractivity contribution in [1.29, 1.82) is 0 Å². The van der Waals surface area contributed by atoms with Gasteiger partial charge in [0.15, 0.2) is 11.6 Å². The maximum atomic E-state index is 14.2. The van der Waals surface area contributed by atoms with Crippen molar-refractivity contribution in [3.05, 3.63) is 46.3 Å². The summed E-state index contributed by atoms with van der Waals surface area (Å²) >= 11 is 0. The summed E-state index contributed by atoms with van der Waals surface area (Å²) in [5.74, 6) is -2.09. The summed E-state index contributed by atoms with van der Waals surface area (Å²) in [5, 5.41) is 3.87. The molecule has 1 aliphatic rings. The van der Waals surface area contributed by atoms with Crippen LogP contribution >= 0.6 is 0 Å². The zero-order valence-electron chi connectivity index (χ0n) is 19.1. The Morgan fingerprint density at radius 2 is 1.72 bits per heavy atom. The van der Waals surface area contributed by atoms with Gasteiger partial charge in [-0.3, -0.25) is 9.59 Å². The van der Waals surface area contributed by atoms with Crippen molar-refractivity contribution in [3.8, 4) is 0 Å². The van der Waals surface area contributed by atoms with Crippen molar-refractivity contribution in [2.75, 3.05) is 38.1 Å². The van der Waals surface area contributed by atoms with Crippen LogP contribution in [0.2, 0.25) is 0 Å². The summed E-state index contributed by atoms with van der Waals surface area (Å²) in [6.07, 6.45) is 1.64. The van der Waals surface area contributed by atoms with Gasteiger partial charge in [0.05, 0.1) is 11.4 Å². The predicted octanol–water partition coefficient (Wildman–Crippen LogP) is 3.68. The first kappa shape index (κ1) is 23.8. The zero-order valence-corrected chi connectivity index (χ0v) is 19.1. The van der Waals surface area contributed by atoms with Gasteiger partial charge in [-0.15, -0.1) is 0 Å². The van der Waals surface area contributed by atoms with E-state index < -0.39 is 11.6 Å². The first-order chi connectivity index (χ1) is 15.2. The SMILES string of the molecule is CCC(=O)N1CCCN(C)CCCN(C(=O)c2c(C)noc2C)Cc2cc(F)c(F)cc21. The first-order valence-corrected chi connectivity index (χ1v) is 10.9. The molecule has 1 aromatic heterocycles. The Bertz CT molecular complexity index is 972. The normalized spacial score (nSPS) is 16.3. The number of anilines is 1. The molecule has 2 aromatic rings. The van der Waals surface area contributed by atoms with Crippen LogP contribution in [0.3, 0.4) is 0 Å². The van der Waals surface area contributed by atoms with E-state index in [1.807, 2.05) is 7.05 Å². The Kier molecular flexibility index (Phi) is 7.60. The monoisotopic (exact) mass is 448 g/mol. The van der Waals surface area contributed by atoms with E-state index in [4.69, 9.17) is 4.52 Å². The summed E-state index contributed by atoms with van der Waals surface area (Å²) in [6, 6.07) is 2.15. The Labute approximate surface area is 186 Å². The van der Waals surface area contributed by atoms with E-state index in [0.29, 0.717) is 54.2 Å². The zero-order chi connectivity index (χ0) is 23.4. The lowest BCUT2D eigenvalue weighted by Gasteiger charge is -2.31. The van der Waals surface area contributed by atoms with Gasteiger partial charge in [0.1, 0.15) is 11.3 Å². The number of amides is 2. The molecule has 0 aliphatic carbocycles. The minimum atomic E-state index is -1.02. The maximum absolute atomic E-state index is 14.2. The van der Waals surface area contributed by atoms with Gasteiger partial charge in [-0.25, -0.2) is 8.78 Å². The van der Waals surface area contributed by atoms with Gasteiger partial charge < -0.3 is 19.2 Å². The summed E-state index contributed by atoms with van der Waals surface area (Å²) in [6.45, 7) is 7.42. The summed E-state index contributed by atoms with van der Waals surface area (Å²) in [4.78, 5) is 31.3. The molecule has 32 heavy (non-hydrogen) atoms. The number of halogens is 2. The lowest BCUT2D eigenvalue weighted by Crippen LogP contribution is -2.38. The highest BCUT2D eigenvalue weighted by molar-refractivity contribution is 5.97. The molecule has 3 rings (SSSR count). The summed E-state index contributed by atoms with van der Waals surface area (Å²) < 4.78 is 33.6. The standard InChI is InChI=1S/C23H30F2N4O3/c1-5-21(30)29-11-7-9-27(4)8-6-10-28(23(31)22-15(2)26-32-16(22)3)14-17-12-18(24)19(25)13-20(17)29/h12-13H,5-11,14H2,1-4H3. The van der Waals surface area contributed by atoms with E-state index in [9.17, 15) is 18.4 Å². The van der Waals surface area contributed by atoms with Gasteiger partial charge in [-0.1, -0.05) is 12.1 Å². The van der Waals surface area contributed by atoms with Crippen LogP contribution in [0.5, 0.6) is 0 Å². The van der Waals surface area contributed by atoms with E-state index in [0.717, 1.165) is 25.2 Å². The second-order valence-electron chi connectivity index (χ2n) is 8.23. The second kappa shape index (κ2) is 10.2. The fourth-order valence-corrected chi connectivity index (χ4v) is 4.07. The number of aromatic nitrogens is 1. The van der Waals surface area contributed by atoms with Crippen molar-refractivity contribution in [1.82, 2.24) is 15.0 Å². The Balaban J connectivity index is 2.07. The van der Waals surface area contributed by atoms with Gasteiger partial charge >= 0.3 is 0 Å². The van der Waals surface area contributed by atoms with Gasteiger partial charge in [0.2, 0.25) is 5.91 Å². The van der Waals surface area contributed by atoms with Crippen molar-refractivity contribution in [2.45, 2.75) is 46.6 Å². The molecule has 0 saturated carbocycles. The number of rotatable bonds is 2. The van der Waals surface area contributed by atoms with E-state index >= 15 is 0 Å². The number of nitrogens with zero attached hydrogens (tertiary/aromatic N) is 4. The molecule has 2 amide bonds.